The summed E-state index contributed by atoms with van der Waals surface area (Å²) in [6, 6.07) is 6.16. The van der Waals surface area contributed by atoms with Gasteiger partial charge in [0.1, 0.15) is 0 Å². The van der Waals surface area contributed by atoms with Gasteiger partial charge in [0.05, 0.1) is 28.5 Å². The summed E-state index contributed by atoms with van der Waals surface area (Å²) in [7, 11) is 0. The van der Waals surface area contributed by atoms with Crippen molar-refractivity contribution in [1.82, 2.24) is 4.98 Å². The lowest BCUT2D eigenvalue weighted by Gasteiger charge is -2.15. The lowest BCUT2D eigenvalue weighted by molar-refractivity contribution is -0.115. The maximum absolute atomic E-state index is 9.29. The molecule has 0 saturated heterocycles. The third-order valence-corrected chi connectivity index (χ3v) is 5.65. The van der Waals surface area contributed by atoms with Crippen molar-refractivity contribution in [2.24, 2.45) is 11.7 Å². The van der Waals surface area contributed by atoms with Gasteiger partial charge in [-0.1, -0.05) is 63.3 Å². The minimum absolute atomic E-state index is 0.333. The van der Waals surface area contributed by atoms with E-state index in [0.29, 0.717) is 16.3 Å². The average Bonchev–Trinajstić information content (AvgIpc) is 3.20. The molecule has 5 nitrogen and oxygen atoms in total. The minimum Gasteiger partial charge on any atom is -0.396 e. The zero-order chi connectivity index (χ0) is 24.3. The molecule has 1 heterocycles. The van der Waals surface area contributed by atoms with Gasteiger partial charge in [-0.15, -0.1) is 0 Å². The number of nitrogen functional groups attached to an aromatic ring is 1. The van der Waals surface area contributed by atoms with Crippen molar-refractivity contribution >= 4 is 28.8 Å². The van der Waals surface area contributed by atoms with E-state index in [1.807, 2.05) is 26.0 Å². The first-order valence-electron chi connectivity index (χ1n) is 11.0. The molecular weight excluding hydrogens is 420 g/mol. The summed E-state index contributed by atoms with van der Waals surface area (Å²) in [4.78, 5) is 13.4. The number of hydrogen-bond acceptors (Lipinski definition) is 4. The second-order valence-electron chi connectivity index (χ2n) is 8.21. The lowest BCUT2D eigenvalue weighted by atomic mass is 9.91. The largest absolute Gasteiger partial charge is 0.396 e. The fourth-order valence-electron chi connectivity index (χ4n) is 3.61. The van der Waals surface area contributed by atoms with Gasteiger partial charge in [0.25, 0.3) is 0 Å². The summed E-state index contributed by atoms with van der Waals surface area (Å²) in [6.07, 6.45) is 12.1. The number of hydrogen-bond donors (Lipinski definition) is 2. The predicted octanol–water partition coefficient (Wildman–Crippen LogP) is 6.34. The van der Waals surface area contributed by atoms with Gasteiger partial charge in [-0.2, -0.15) is 5.26 Å². The standard InChI is InChI=1S/C18H18ClN3.C6H12.C2H5NO/c1-4-5-14(16-9-22-10-17(21)18(16)19)15-7-13(8-20)11(2)6-12(15)3;1-6-4-2-3-5-6;1-2(3)4/h5-7,9-10H,4,21H2,1-3H3;6H,2-5H2,1H3;1H3,(H2,3,4)/b14-5+;;. The predicted molar refractivity (Wildman–Crippen MR) is 134 cm³/mol. The van der Waals surface area contributed by atoms with Crippen molar-refractivity contribution in [2.45, 2.75) is 66.7 Å². The number of amides is 1. The molecule has 3 rings (SSSR count). The first-order chi connectivity index (χ1) is 15.1. The zero-order valence-electron chi connectivity index (χ0n) is 19.8. The molecule has 0 aliphatic heterocycles. The van der Waals surface area contributed by atoms with Crippen LogP contribution in [-0.4, -0.2) is 10.9 Å². The van der Waals surface area contributed by atoms with Crippen molar-refractivity contribution in [3.8, 4) is 6.07 Å². The van der Waals surface area contributed by atoms with E-state index in [9.17, 15) is 10.1 Å². The Morgan fingerprint density at radius 3 is 2.28 bits per heavy atom. The van der Waals surface area contributed by atoms with Gasteiger partial charge in [0.15, 0.2) is 0 Å². The Balaban J connectivity index is 0.000000422. The van der Waals surface area contributed by atoms with Gasteiger partial charge in [0.2, 0.25) is 5.91 Å². The van der Waals surface area contributed by atoms with Crippen LogP contribution in [-0.2, 0) is 4.79 Å². The van der Waals surface area contributed by atoms with Crippen LogP contribution in [0, 0.1) is 31.1 Å². The number of nitrogens with zero attached hydrogens (tertiary/aromatic N) is 2. The van der Waals surface area contributed by atoms with Crippen LogP contribution in [0.5, 0.6) is 0 Å². The summed E-state index contributed by atoms with van der Waals surface area (Å²) in [6.45, 7) is 9.67. The molecular formula is C26H35ClN4O. The van der Waals surface area contributed by atoms with E-state index in [1.165, 1.54) is 38.8 Å². The maximum Gasteiger partial charge on any atom is 0.214 e. The second-order valence-corrected chi connectivity index (χ2v) is 8.59. The molecule has 1 aliphatic rings. The number of aromatic nitrogens is 1. The summed E-state index contributed by atoms with van der Waals surface area (Å²) >= 11 is 6.36. The number of halogens is 1. The molecule has 0 spiro atoms. The Morgan fingerprint density at radius 2 is 1.81 bits per heavy atom. The molecule has 172 valence electrons. The van der Waals surface area contributed by atoms with E-state index < -0.39 is 0 Å². The molecule has 32 heavy (non-hydrogen) atoms. The van der Waals surface area contributed by atoms with Crippen LogP contribution in [0.2, 0.25) is 5.02 Å². The van der Waals surface area contributed by atoms with Crippen molar-refractivity contribution in [3.63, 3.8) is 0 Å². The fourth-order valence-corrected chi connectivity index (χ4v) is 3.81. The second kappa shape index (κ2) is 13.5. The first-order valence-corrected chi connectivity index (χ1v) is 11.4. The molecule has 1 aliphatic carbocycles. The SMILES string of the molecule is CC(N)=O.CC/C=C(\c1cc(C#N)c(C)cc1C)c1cncc(N)c1Cl.CC1CCCC1. The number of rotatable bonds is 3. The molecule has 2 aromatic rings. The average molecular weight is 455 g/mol. The van der Waals surface area contributed by atoms with E-state index in [1.54, 1.807) is 6.20 Å². The molecule has 0 bridgehead atoms. The van der Waals surface area contributed by atoms with E-state index in [4.69, 9.17) is 17.3 Å². The van der Waals surface area contributed by atoms with Gasteiger partial charge in [0, 0.05) is 18.7 Å². The maximum atomic E-state index is 9.29. The van der Waals surface area contributed by atoms with E-state index >= 15 is 0 Å². The van der Waals surface area contributed by atoms with E-state index in [2.05, 4.69) is 36.7 Å². The molecule has 0 unspecified atom stereocenters. The van der Waals surface area contributed by atoms with Crippen LogP contribution in [0.25, 0.3) is 5.57 Å². The minimum atomic E-state index is -0.333. The quantitative estimate of drug-likeness (QED) is 0.564. The highest BCUT2D eigenvalue weighted by atomic mass is 35.5. The molecule has 1 fully saturated rings. The molecule has 1 aromatic carbocycles. The Morgan fingerprint density at radius 1 is 1.22 bits per heavy atom. The van der Waals surface area contributed by atoms with E-state index in [-0.39, 0.29) is 5.91 Å². The molecule has 0 radical (unpaired) electrons. The molecule has 1 saturated carbocycles. The Kier molecular flexibility index (Phi) is 11.5. The van der Waals surface area contributed by atoms with Gasteiger partial charge in [-0.3, -0.25) is 9.78 Å². The molecule has 1 amide bonds. The Bertz CT molecular complexity index is 982. The monoisotopic (exact) mass is 454 g/mol. The summed E-state index contributed by atoms with van der Waals surface area (Å²) < 4.78 is 0. The van der Waals surface area contributed by atoms with Gasteiger partial charge >= 0.3 is 0 Å². The van der Waals surface area contributed by atoms with Crippen LogP contribution in [0.3, 0.4) is 0 Å². The van der Waals surface area contributed by atoms with Crippen LogP contribution < -0.4 is 11.5 Å². The summed E-state index contributed by atoms with van der Waals surface area (Å²) in [5.74, 6) is 0.713. The highest BCUT2D eigenvalue weighted by molar-refractivity contribution is 6.35. The number of allylic oxidation sites excluding steroid dienone is 1. The fraction of sp³-hybridized carbons (Fsp3) is 0.423. The highest BCUT2D eigenvalue weighted by Crippen LogP contribution is 2.34. The molecule has 1 aromatic heterocycles. The van der Waals surface area contributed by atoms with Crippen LogP contribution in [0.1, 0.15) is 80.7 Å². The number of primary amides is 1. The van der Waals surface area contributed by atoms with Gasteiger partial charge < -0.3 is 11.5 Å². The number of anilines is 1. The molecule has 6 heteroatoms. The Hall–Kier alpha value is -2.84. The number of carbonyl (C=O) groups is 1. The van der Waals surface area contributed by atoms with Crippen molar-refractivity contribution in [2.75, 3.05) is 5.73 Å². The van der Waals surface area contributed by atoms with Crippen molar-refractivity contribution in [3.05, 3.63) is 63.4 Å². The van der Waals surface area contributed by atoms with E-state index in [0.717, 1.165) is 40.2 Å². The summed E-state index contributed by atoms with van der Waals surface area (Å²) in [5.41, 5.74) is 16.3. The van der Waals surface area contributed by atoms with Crippen LogP contribution in [0.4, 0.5) is 5.69 Å². The Labute approximate surface area is 197 Å². The topological polar surface area (TPSA) is 106 Å². The lowest BCUT2D eigenvalue weighted by Crippen LogP contribution is -2.01. The number of nitriles is 1. The molecule has 4 N–H and O–H groups in total. The zero-order valence-corrected chi connectivity index (χ0v) is 20.6. The number of pyridine rings is 1. The number of aryl methyl sites for hydroxylation is 2. The smallest absolute Gasteiger partial charge is 0.214 e. The first kappa shape index (κ1) is 27.2. The number of carbonyl (C=O) groups excluding carboxylic acids is 1. The number of benzene rings is 1. The normalized spacial score (nSPS) is 13.3. The van der Waals surface area contributed by atoms with Gasteiger partial charge in [-0.05, 0) is 54.5 Å². The highest BCUT2D eigenvalue weighted by Gasteiger charge is 2.15. The number of nitrogens with two attached hydrogens (primary N) is 2. The van der Waals surface area contributed by atoms with Crippen LogP contribution in [0.15, 0.2) is 30.6 Å². The van der Waals surface area contributed by atoms with Crippen molar-refractivity contribution < 1.29 is 4.79 Å². The third-order valence-electron chi connectivity index (χ3n) is 5.23. The molecule has 0 atom stereocenters. The summed E-state index contributed by atoms with van der Waals surface area (Å²) in [5, 5.41) is 9.78. The van der Waals surface area contributed by atoms with Crippen molar-refractivity contribution in [1.29, 1.82) is 5.26 Å². The van der Waals surface area contributed by atoms with Gasteiger partial charge in [-0.25, -0.2) is 0 Å². The van der Waals surface area contributed by atoms with Crippen LogP contribution >= 0.6 is 11.6 Å². The third kappa shape index (κ3) is 8.36.